The zero-order valence-corrected chi connectivity index (χ0v) is 10.3. The molecule has 1 aliphatic heterocycles. The van der Waals surface area contributed by atoms with Gasteiger partial charge < -0.3 is 4.74 Å². The molecule has 1 N–H and O–H groups in total. The van der Waals surface area contributed by atoms with Crippen LogP contribution in [0.5, 0.6) is 0 Å². The molecule has 0 radical (unpaired) electrons. The summed E-state index contributed by atoms with van der Waals surface area (Å²) in [6, 6.07) is 1.98. The number of nitriles is 1. The zero-order valence-electron chi connectivity index (χ0n) is 10.3. The molecule has 1 fully saturated rings. The van der Waals surface area contributed by atoms with Crippen molar-refractivity contribution in [2.75, 3.05) is 13.2 Å². The third kappa shape index (κ3) is 2.84. The first-order chi connectivity index (χ1) is 8.20. The van der Waals surface area contributed by atoms with Gasteiger partial charge in [-0.2, -0.15) is 10.4 Å². The van der Waals surface area contributed by atoms with Crippen LogP contribution in [-0.4, -0.2) is 29.0 Å². The number of hydrogen-bond donors (Lipinski definition) is 1. The Labute approximate surface area is 101 Å². The van der Waals surface area contributed by atoms with Crippen molar-refractivity contribution < 1.29 is 4.74 Å². The van der Waals surface area contributed by atoms with Crippen LogP contribution in [0.15, 0.2) is 6.20 Å². The molecule has 0 aliphatic carbocycles. The molecule has 0 amide bonds. The summed E-state index contributed by atoms with van der Waals surface area (Å²) in [5.41, 5.74) is 1.85. The molecule has 17 heavy (non-hydrogen) atoms. The molecule has 0 saturated carbocycles. The van der Waals surface area contributed by atoms with E-state index in [1.807, 2.05) is 20.2 Å². The van der Waals surface area contributed by atoms with Crippen LogP contribution in [0, 0.1) is 18.3 Å². The fraction of sp³-hybridized carbons (Fsp3) is 0.667. The number of nitrogens with one attached hydrogen (secondary N) is 1. The number of nitrogens with zero attached hydrogens (tertiary/aromatic N) is 3. The lowest BCUT2D eigenvalue weighted by Gasteiger charge is -2.14. The van der Waals surface area contributed by atoms with Gasteiger partial charge in [0, 0.05) is 32.0 Å². The van der Waals surface area contributed by atoms with Crippen molar-refractivity contribution in [3.8, 4) is 6.07 Å². The highest BCUT2D eigenvalue weighted by Crippen LogP contribution is 2.17. The van der Waals surface area contributed by atoms with Crippen LogP contribution in [0.2, 0.25) is 0 Å². The first-order valence-electron chi connectivity index (χ1n) is 5.95. The first kappa shape index (κ1) is 12.1. The first-order valence-corrected chi connectivity index (χ1v) is 5.95. The maximum atomic E-state index is 9.20. The van der Waals surface area contributed by atoms with Crippen molar-refractivity contribution in [3.63, 3.8) is 0 Å². The number of ether oxygens (including phenoxy) is 1. The second-order valence-electron chi connectivity index (χ2n) is 4.45. The van der Waals surface area contributed by atoms with E-state index in [-0.39, 0.29) is 12.1 Å². The molecule has 92 valence electrons. The summed E-state index contributed by atoms with van der Waals surface area (Å²) in [6.45, 7) is 3.50. The van der Waals surface area contributed by atoms with Crippen molar-refractivity contribution >= 4 is 0 Å². The number of aromatic nitrogens is 2. The molecule has 2 heterocycles. The summed E-state index contributed by atoms with van der Waals surface area (Å²) in [5.74, 6) is 0. The predicted molar refractivity (Wildman–Crippen MR) is 63.3 cm³/mol. The van der Waals surface area contributed by atoms with Gasteiger partial charge >= 0.3 is 0 Å². The minimum atomic E-state index is -0.298. The Kier molecular flexibility index (Phi) is 3.77. The average Bonchev–Trinajstić information content (AvgIpc) is 2.90. The van der Waals surface area contributed by atoms with Crippen molar-refractivity contribution in [3.05, 3.63) is 17.5 Å². The molecule has 0 spiro atoms. The number of aryl methyl sites for hydroxylation is 2. The van der Waals surface area contributed by atoms with Gasteiger partial charge in [-0.25, -0.2) is 0 Å². The molecular formula is C12H18N4O. The van der Waals surface area contributed by atoms with Gasteiger partial charge in [0.1, 0.15) is 6.04 Å². The molecule has 0 aromatic carbocycles. The molecule has 5 heteroatoms. The van der Waals surface area contributed by atoms with Crippen LogP contribution in [0.1, 0.15) is 30.1 Å². The van der Waals surface area contributed by atoms with Crippen LogP contribution < -0.4 is 5.32 Å². The molecule has 1 saturated heterocycles. The van der Waals surface area contributed by atoms with Gasteiger partial charge in [-0.15, -0.1) is 0 Å². The SMILES string of the molecule is Cc1nn(C)cc1C(C#N)NCC1CCCO1. The molecule has 1 aromatic heterocycles. The summed E-state index contributed by atoms with van der Waals surface area (Å²) in [4.78, 5) is 0. The summed E-state index contributed by atoms with van der Waals surface area (Å²) in [5, 5.41) is 16.7. The lowest BCUT2D eigenvalue weighted by atomic mass is 10.1. The van der Waals surface area contributed by atoms with Crippen molar-refractivity contribution in [2.45, 2.75) is 31.9 Å². The van der Waals surface area contributed by atoms with Gasteiger partial charge in [-0.3, -0.25) is 10.00 Å². The molecular weight excluding hydrogens is 216 g/mol. The van der Waals surface area contributed by atoms with E-state index in [0.29, 0.717) is 0 Å². The van der Waals surface area contributed by atoms with E-state index in [1.165, 1.54) is 0 Å². The predicted octanol–water partition coefficient (Wildman–Crippen LogP) is 1.06. The van der Waals surface area contributed by atoms with Gasteiger partial charge in [0.2, 0.25) is 0 Å². The second kappa shape index (κ2) is 5.30. The van der Waals surface area contributed by atoms with Gasteiger partial charge in [0.15, 0.2) is 0 Å². The molecule has 1 aliphatic rings. The maximum Gasteiger partial charge on any atom is 0.124 e. The van der Waals surface area contributed by atoms with E-state index in [4.69, 9.17) is 4.74 Å². The molecule has 0 bridgehead atoms. The van der Waals surface area contributed by atoms with Crippen LogP contribution in [0.3, 0.4) is 0 Å². The molecule has 2 unspecified atom stereocenters. The second-order valence-corrected chi connectivity index (χ2v) is 4.45. The van der Waals surface area contributed by atoms with Crippen LogP contribution >= 0.6 is 0 Å². The van der Waals surface area contributed by atoms with E-state index in [1.54, 1.807) is 4.68 Å². The van der Waals surface area contributed by atoms with Gasteiger partial charge in [0.05, 0.1) is 17.9 Å². The summed E-state index contributed by atoms with van der Waals surface area (Å²) >= 11 is 0. The Morgan fingerprint density at radius 1 is 1.76 bits per heavy atom. The Balaban J connectivity index is 1.96. The van der Waals surface area contributed by atoms with Crippen LogP contribution in [0.25, 0.3) is 0 Å². The minimum Gasteiger partial charge on any atom is -0.377 e. The van der Waals surface area contributed by atoms with Gasteiger partial charge in [-0.05, 0) is 19.8 Å². The zero-order chi connectivity index (χ0) is 12.3. The highest BCUT2D eigenvalue weighted by atomic mass is 16.5. The van der Waals surface area contributed by atoms with E-state index in [2.05, 4.69) is 16.5 Å². The standard InChI is InChI=1S/C12H18N4O/c1-9-11(8-16(2)15-9)12(6-13)14-7-10-4-3-5-17-10/h8,10,12,14H,3-5,7H2,1-2H3. The van der Waals surface area contributed by atoms with Gasteiger partial charge in [-0.1, -0.05) is 0 Å². The molecule has 1 aromatic rings. The van der Waals surface area contributed by atoms with Crippen LogP contribution in [0.4, 0.5) is 0 Å². The summed E-state index contributed by atoms with van der Waals surface area (Å²) in [7, 11) is 1.87. The summed E-state index contributed by atoms with van der Waals surface area (Å²) in [6.07, 6.45) is 4.35. The molecule has 2 atom stereocenters. The quantitative estimate of drug-likeness (QED) is 0.846. The molecule has 5 nitrogen and oxygen atoms in total. The topological polar surface area (TPSA) is 62.9 Å². The van der Waals surface area contributed by atoms with E-state index < -0.39 is 0 Å². The van der Waals surface area contributed by atoms with E-state index >= 15 is 0 Å². The third-order valence-electron chi connectivity index (χ3n) is 3.07. The van der Waals surface area contributed by atoms with Crippen molar-refractivity contribution in [2.24, 2.45) is 7.05 Å². The fourth-order valence-electron chi connectivity index (χ4n) is 2.18. The lowest BCUT2D eigenvalue weighted by Crippen LogP contribution is -2.29. The third-order valence-corrected chi connectivity index (χ3v) is 3.07. The van der Waals surface area contributed by atoms with Crippen LogP contribution in [-0.2, 0) is 11.8 Å². The van der Waals surface area contributed by atoms with Crippen molar-refractivity contribution in [1.29, 1.82) is 5.26 Å². The maximum absolute atomic E-state index is 9.20. The fourth-order valence-corrected chi connectivity index (χ4v) is 2.18. The molecule has 2 rings (SSSR count). The Hall–Kier alpha value is -1.38. The lowest BCUT2D eigenvalue weighted by molar-refractivity contribution is 0.109. The highest BCUT2D eigenvalue weighted by Gasteiger charge is 2.20. The van der Waals surface area contributed by atoms with E-state index in [9.17, 15) is 5.26 Å². The Morgan fingerprint density at radius 2 is 2.59 bits per heavy atom. The smallest absolute Gasteiger partial charge is 0.124 e. The number of hydrogen-bond acceptors (Lipinski definition) is 4. The Bertz CT molecular complexity index is 415. The average molecular weight is 234 g/mol. The highest BCUT2D eigenvalue weighted by molar-refractivity contribution is 5.25. The summed E-state index contributed by atoms with van der Waals surface area (Å²) < 4.78 is 7.27. The van der Waals surface area contributed by atoms with Gasteiger partial charge in [0.25, 0.3) is 0 Å². The van der Waals surface area contributed by atoms with Crippen molar-refractivity contribution in [1.82, 2.24) is 15.1 Å². The number of rotatable bonds is 4. The monoisotopic (exact) mass is 234 g/mol. The normalized spacial score (nSPS) is 21.4. The minimum absolute atomic E-state index is 0.253. The van der Waals surface area contributed by atoms with E-state index in [0.717, 1.165) is 37.3 Å². The Morgan fingerprint density at radius 3 is 3.12 bits per heavy atom. The largest absolute Gasteiger partial charge is 0.377 e.